The van der Waals surface area contributed by atoms with Gasteiger partial charge >= 0.3 is 0 Å². The number of pyridine rings is 1. The smallest absolute Gasteiger partial charge is 0.271 e. The van der Waals surface area contributed by atoms with Crippen molar-refractivity contribution in [1.29, 1.82) is 0 Å². The lowest BCUT2D eigenvalue weighted by Gasteiger charge is -2.29. The van der Waals surface area contributed by atoms with Crippen molar-refractivity contribution in [2.24, 2.45) is 17.8 Å². The van der Waals surface area contributed by atoms with Gasteiger partial charge in [0.15, 0.2) is 5.78 Å². The van der Waals surface area contributed by atoms with Crippen LogP contribution in [0.5, 0.6) is 5.75 Å². The molecule has 0 aromatic carbocycles. The van der Waals surface area contributed by atoms with Crippen molar-refractivity contribution in [2.45, 2.75) is 57.5 Å². The molecule has 0 spiro atoms. The molecule has 2 aromatic heterocycles. The molecule has 10 nitrogen and oxygen atoms in total. The number of fused-ring (bicyclic) bond motifs is 2. The molecule has 3 aliphatic rings. The minimum atomic E-state index is -0.740. The maximum absolute atomic E-state index is 13.7. The first-order chi connectivity index (χ1) is 17.4. The van der Waals surface area contributed by atoms with E-state index in [-0.39, 0.29) is 54.1 Å². The normalized spacial score (nSPS) is 26.1. The summed E-state index contributed by atoms with van der Waals surface area (Å²) >= 11 is 0. The number of nitrogens with one attached hydrogen (secondary N) is 3. The highest BCUT2D eigenvalue weighted by molar-refractivity contribution is 6.01. The van der Waals surface area contributed by atoms with Crippen LogP contribution < -0.4 is 15.4 Å². The van der Waals surface area contributed by atoms with Crippen LogP contribution in [0.1, 0.15) is 55.9 Å². The number of amides is 3. The van der Waals surface area contributed by atoms with Crippen LogP contribution >= 0.6 is 0 Å². The van der Waals surface area contributed by atoms with Crippen LogP contribution in [0.2, 0.25) is 0 Å². The number of ketones is 1. The molecule has 3 fully saturated rings. The summed E-state index contributed by atoms with van der Waals surface area (Å²) in [5, 5.41) is 6.44. The van der Waals surface area contributed by atoms with Crippen molar-refractivity contribution in [3.05, 3.63) is 24.0 Å². The third kappa shape index (κ3) is 4.33. The molecule has 2 saturated heterocycles. The summed E-state index contributed by atoms with van der Waals surface area (Å²) in [6.07, 6.45) is 5.67. The first-order valence-electron chi connectivity index (χ1n) is 12.8. The third-order valence-corrected chi connectivity index (χ3v) is 8.10. The maximum atomic E-state index is 13.7. The summed E-state index contributed by atoms with van der Waals surface area (Å²) in [5.41, 5.74) is 0.894. The summed E-state index contributed by atoms with van der Waals surface area (Å²) in [7, 11) is 1.56. The van der Waals surface area contributed by atoms with E-state index in [1.807, 2.05) is 0 Å². The van der Waals surface area contributed by atoms with Gasteiger partial charge in [-0.25, -0.2) is 4.98 Å². The Kier molecular flexibility index (Phi) is 6.68. The molecule has 5 atom stereocenters. The molecule has 192 valence electrons. The van der Waals surface area contributed by atoms with Crippen LogP contribution in [0, 0.1) is 17.8 Å². The number of aromatic nitrogens is 2. The second-order valence-electron chi connectivity index (χ2n) is 10.1. The van der Waals surface area contributed by atoms with Crippen molar-refractivity contribution >= 4 is 34.5 Å². The van der Waals surface area contributed by atoms with Crippen molar-refractivity contribution < 1.29 is 23.9 Å². The Morgan fingerprint density at radius 3 is 2.83 bits per heavy atom. The van der Waals surface area contributed by atoms with Crippen LogP contribution in [0.15, 0.2) is 18.3 Å². The molecule has 2 aromatic rings. The van der Waals surface area contributed by atoms with Gasteiger partial charge < -0.3 is 25.3 Å². The molecule has 0 radical (unpaired) electrons. The number of rotatable bonds is 8. The fourth-order valence-corrected chi connectivity index (χ4v) is 6.23. The Morgan fingerprint density at radius 2 is 2.11 bits per heavy atom. The topological polar surface area (TPSA) is 133 Å². The Balaban J connectivity index is 1.39. The number of likely N-dealkylation sites (tertiary alicyclic amines) is 1. The van der Waals surface area contributed by atoms with Crippen LogP contribution in [0.4, 0.5) is 0 Å². The summed E-state index contributed by atoms with van der Waals surface area (Å²) in [4.78, 5) is 61.3. The predicted molar refractivity (Wildman–Crippen MR) is 131 cm³/mol. The van der Waals surface area contributed by atoms with Gasteiger partial charge in [-0.05, 0) is 49.7 Å². The standard InChI is InChI=1S/C26H33N5O5/c1-3-20(32)18(11-14-7-9-28-24(14)33)30-25(34)22-16-6-4-5-15(16)13-31(22)26(35)19-12-17-21(36-2)8-10-27-23(17)29-19/h8,10,12,14-16,18,22H,3-7,9,11,13H2,1-2H3,(H,27,29)(H,28,33)(H,30,34). The molecular weight excluding hydrogens is 462 g/mol. The summed E-state index contributed by atoms with van der Waals surface area (Å²) in [5.74, 6) is -0.126. The number of hydrogen-bond donors (Lipinski definition) is 3. The molecule has 0 bridgehead atoms. The number of nitrogens with zero attached hydrogens (tertiary/aromatic N) is 2. The molecule has 3 N–H and O–H groups in total. The average Bonchev–Trinajstić information content (AvgIpc) is 3.66. The van der Waals surface area contributed by atoms with Crippen molar-refractivity contribution in [1.82, 2.24) is 25.5 Å². The Labute approximate surface area is 209 Å². The van der Waals surface area contributed by atoms with E-state index >= 15 is 0 Å². The Morgan fingerprint density at radius 1 is 1.28 bits per heavy atom. The molecule has 1 aliphatic carbocycles. The molecule has 36 heavy (non-hydrogen) atoms. The molecule has 4 heterocycles. The Bertz CT molecular complexity index is 1190. The van der Waals surface area contributed by atoms with Crippen LogP contribution in [-0.2, 0) is 14.4 Å². The lowest BCUT2D eigenvalue weighted by molar-refractivity contribution is -0.132. The van der Waals surface area contributed by atoms with Crippen molar-refractivity contribution in [2.75, 3.05) is 20.2 Å². The fraction of sp³-hybridized carbons (Fsp3) is 0.577. The average molecular weight is 496 g/mol. The van der Waals surface area contributed by atoms with Gasteiger partial charge in [-0.1, -0.05) is 13.3 Å². The largest absolute Gasteiger partial charge is 0.496 e. The molecule has 5 unspecified atom stereocenters. The minimum Gasteiger partial charge on any atom is -0.496 e. The zero-order valence-corrected chi connectivity index (χ0v) is 20.7. The van der Waals surface area contributed by atoms with E-state index in [1.54, 1.807) is 37.3 Å². The lowest BCUT2D eigenvalue weighted by atomic mass is 9.91. The SMILES string of the molecule is CCC(=O)C(CC1CCNC1=O)NC(=O)C1C2CCCC2CN1C(=O)c1cc2c(OC)ccnc2[nH]1. The first-order valence-corrected chi connectivity index (χ1v) is 12.8. The van der Waals surface area contributed by atoms with Gasteiger partial charge in [0, 0.05) is 31.6 Å². The van der Waals surface area contributed by atoms with Crippen LogP contribution in [-0.4, -0.2) is 70.7 Å². The van der Waals surface area contributed by atoms with E-state index in [0.717, 1.165) is 19.3 Å². The van der Waals surface area contributed by atoms with E-state index in [4.69, 9.17) is 4.74 Å². The third-order valence-electron chi connectivity index (χ3n) is 8.10. The molecule has 2 aliphatic heterocycles. The summed E-state index contributed by atoms with van der Waals surface area (Å²) in [6, 6.07) is 2.05. The van der Waals surface area contributed by atoms with E-state index in [2.05, 4.69) is 20.6 Å². The van der Waals surface area contributed by atoms with Gasteiger partial charge in [0.05, 0.1) is 18.5 Å². The van der Waals surface area contributed by atoms with E-state index in [0.29, 0.717) is 42.0 Å². The monoisotopic (exact) mass is 495 g/mol. The summed E-state index contributed by atoms with van der Waals surface area (Å²) in [6.45, 7) is 2.84. The zero-order valence-electron chi connectivity index (χ0n) is 20.7. The molecule has 1 saturated carbocycles. The highest BCUT2D eigenvalue weighted by Gasteiger charge is 2.50. The van der Waals surface area contributed by atoms with Gasteiger partial charge in [-0.3, -0.25) is 19.2 Å². The molecular formula is C26H33N5O5. The molecule has 10 heteroatoms. The zero-order chi connectivity index (χ0) is 25.4. The fourth-order valence-electron chi connectivity index (χ4n) is 6.23. The van der Waals surface area contributed by atoms with Crippen LogP contribution in [0.3, 0.4) is 0 Å². The highest BCUT2D eigenvalue weighted by atomic mass is 16.5. The van der Waals surface area contributed by atoms with Gasteiger partial charge in [-0.2, -0.15) is 0 Å². The van der Waals surface area contributed by atoms with Gasteiger partial charge in [0.2, 0.25) is 11.8 Å². The van der Waals surface area contributed by atoms with Crippen LogP contribution in [0.25, 0.3) is 11.0 Å². The van der Waals surface area contributed by atoms with Crippen molar-refractivity contribution in [3.63, 3.8) is 0 Å². The second-order valence-corrected chi connectivity index (χ2v) is 10.1. The van der Waals surface area contributed by atoms with Gasteiger partial charge in [0.1, 0.15) is 23.1 Å². The molecule has 5 rings (SSSR count). The quantitative estimate of drug-likeness (QED) is 0.511. The number of methoxy groups -OCH3 is 1. The number of ether oxygens (including phenoxy) is 1. The van der Waals surface area contributed by atoms with E-state index in [9.17, 15) is 19.2 Å². The summed E-state index contributed by atoms with van der Waals surface area (Å²) < 4.78 is 5.40. The lowest BCUT2D eigenvalue weighted by Crippen LogP contribution is -2.53. The van der Waals surface area contributed by atoms with Gasteiger partial charge in [-0.15, -0.1) is 0 Å². The first kappa shape index (κ1) is 24.3. The minimum absolute atomic E-state index is 0.0538. The van der Waals surface area contributed by atoms with Gasteiger partial charge in [0.25, 0.3) is 5.91 Å². The second kappa shape index (κ2) is 9.91. The van der Waals surface area contributed by atoms with Crippen molar-refractivity contribution in [3.8, 4) is 5.75 Å². The Hall–Kier alpha value is -3.43. The molecule has 3 amide bonds. The number of carbonyl (C=O) groups is 4. The maximum Gasteiger partial charge on any atom is 0.271 e. The highest BCUT2D eigenvalue weighted by Crippen LogP contribution is 2.43. The number of H-pyrrole nitrogens is 1. The number of hydrogen-bond acceptors (Lipinski definition) is 6. The number of aromatic amines is 1. The predicted octanol–water partition coefficient (Wildman–Crippen LogP) is 1.80. The number of Topliss-reactive ketones (excluding diaryl/α,β-unsaturated/α-hetero) is 1. The van der Waals surface area contributed by atoms with E-state index < -0.39 is 12.1 Å². The van der Waals surface area contributed by atoms with E-state index in [1.165, 1.54) is 0 Å². The number of carbonyl (C=O) groups excluding carboxylic acids is 4.